The number of hydrogen-bond acceptors (Lipinski definition) is 3. The highest BCUT2D eigenvalue weighted by atomic mass is 16.2. The average molecular weight is 373 g/mol. The fourth-order valence-corrected chi connectivity index (χ4v) is 5.13. The van der Waals surface area contributed by atoms with E-state index in [1.165, 1.54) is 12.8 Å². The van der Waals surface area contributed by atoms with Gasteiger partial charge in [-0.25, -0.2) is 0 Å². The number of carbonyl (C=O) groups excluding carboxylic acids is 2. The Bertz CT molecular complexity index is 735. The van der Waals surface area contributed by atoms with Gasteiger partial charge in [0.1, 0.15) is 5.69 Å². The van der Waals surface area contributed by atoms with Crippen molar-refractivity contribution in [1.29, 1.82) is 0 Å². The van der Waals surface area contributed by atoms with E-state index in [1.807, 2.05) is 18.9 Å². The summed E-state index contributed by atoms with van der Waals surface area (Å²) in [6.07, 6.45) is 10.5. The van der Waals surface area contributed by atoms with E-state index in [4.69, 9.17) is 0 Å². The largest absolute Gasteiger partial charge is 0.353 e. The third-order valence-corrected chi connectivity index (χ3v) is 6.74. The van der Waals surface area contributed by atoms with Crippen LogP contribution in [-0.4, -0.2) is 45.6 Å². The zero-order valence-corrected chi connectivity index (χ0v) is 16.7. The molecular weight excluding hydrogens is 340 g/mol. The van der Waals surface area contributed by atoms with Crippen molar-refractivity contribution in [2.45, 2.75) is 77.2 Å². The van der Waals surface area contributed by atoms with Crippen LogP contribution in [0, 0.1) is 5.41 Å². The Morgan fingerprint density at radius 2 is 1.85 bits per heavy atom. The smallest absolute Gasteiger partial charge is 0.272 e. The first-order chi connectivity index (χ1) is 13.0. The zero-order chi connectivity index (χ0) is 19.0. The van der Waals surface area contributed by atoms with Gasteiger partial charge in [0.2, 0.25) is 5.91 Å². The lowest BCUT2D eigenvalue weighted by Crippen LogP contribution is -2.53. The standard InChI is InChI=1S/C21H32N4O2/c1-21(20(27)22-15-8-3-4-9-15)12-7-13-25(14-21)19(26)18-16-10-5-6-11-17(16)23-24(18)2/h15H,3-14H2,1-2H3,(H,22,27)/t21-/m0/s1. The lowest BCUT2D eigenvalue weighted by molar-refractivity contribution is -0.133. The quantitative estimate of drug-likeness (QED) is 0.887. The molecule has 2 amide bonds. The normalized spacial score (nSPS) is 26.1. The first kappa shape index (κ1) is 18.5. The van der Waals surface area contributed by atoms with Crippen LogP contribution in [0.2, 0.25) is 0 Å². The third-order valence-electron chi connectivity index (χ3n) is 6.74. The Balaban J connectivity index is 1.50. The molecule has 6 heteroatoms. The zero-order valence-electron chi connectivity index (χ0n) is 16.7. The Morgan fingerprint density at radius 1 is 1.11 bits per heavy atom. The van der Waals surface area contributed by atoms with Crippen LogP contribution in [-0.2, 0) is 24.7 Å². The van der Waals surface area contributed by atoms with E-state index in [0.29, 0.717) is 12.6 Å². The molecule has 2 heterocycles. The van der Waals surface area contributed by atoms with Crippen molar-refractivity contribution in [2.24, 2.45) is 12.5 Å². The molecule has 1 saturated heterocycles. The molecule has 2 aliphatic carbocycles. The molecule has 0 bridgehead atoms. The lowest BCUT2D eigenvalue weighted by Gasteiger charge is -2.40. The maximum Gasteiger partial charge on any atom is 0.272 e. The summed E-state index contributed by atoms with van der Waals surface area (Å²) in [5, 5.41) is 7.85. The molecule has 1 saturated carbocycles. The maximum atomic E-state index is 13.3. The van der Waals surface area contributed by atoms with Crippen LogP contribution in [0.3, 0.4) is 0 Å². The van der Waals surface area contributed by atoms with Crippen LogP contribution in [0.4, 0.5) is 0 Å². The number of nitrogens with zero attached hydrogens (tertiary/aromatic N) is 3. The van der Waals surface area contributed by atoms with Crippen molar-refractivity contribution >= 4 is 11.8 Å². The Morgan fingerprint density at radius 3 is 2.63 bits per heavy atom. The van der Waals surface area contributed by atoms with Gasteiger partial charge in [0, 0.05) is 31.7 Å². The molecule has 27 heavy (non-hydrogen) atoms. The fraction of sp³-hybridized carbons (Fsp3) is 0.762. The summed E-state index contributed by atoms with van der Waals surface area (Å²) in [6.45, 7) is 3.25. The van der Waals surface area contributed by atoms with Crippen LogP contribution >= 0.6 is 0 Å². The molecule has 6 nitrogen and oxygen atoms in total. The van der Waals surface area contributed by atoms with Crippen LogP contribution in [0.1, 0.15) is 80.0 Å². The molecule has 1 N–H and O–H groups in total. The number of likely N-dealkylation sites (tertiary alicyclic amines) is 1. The molecule has 1 aliphatic heterocycles. The predicted molar refractivity (Wildman–Crippen MR) is 103 cm³/mol. The van der Waals surface area contributed by atoms with Crippen molar-refractivity contribution in [3.63, 3.8) is 0 Å². The van der Waals surface area contributed by atoms with Crippen LogP contribution < -0.4 is 5.32 Å². The van der Waals surface area contributed by atoms with Crippen molar-refractivity contribution < 1.29 is 9.59 Å². The molecule has 2 fully saturated rings. The first-order valence-electron chi connectivity index (χ1n) is 10.6. The Labute approximate surface area is 161 Å². The second-order valence-electron chi connectivity index (χ2n) is 8.95. The van der Waals surface area contributed by atoms with E-state index in [9.17, 15) is 9.59 Å². The maximum absolute atomic E-state index is 13.3. The monoisotopic (exact) mass is 372 g/mol. The number of aromatic nitrogens is 2. The molecule has 0 spiro atoms. The van der Waals surface area contributed by atoms with Crippen LogP contribution in [0.25, 0.3) is 0 Å². The number of nitrogens with one attached hydrogen (secondary N) is 1. The predicted octanol–water partition coefficient (Wildman–Crippen LogP) is 2.60. The molecule has 1 aromatic rings. The molecule has 1 atom stereocenters. The number of aryl methyl sites for hydroxylation is 2. The number of hydrogen-bond donors (Lipinski definition) is 1. The van der Waals surface area contributed by atoms with E-state index < -0.39 is 5.41 Å². The van der Waals surface area contributed by atoms with Gasteiger partial charge in [0.25, 0.3) is 5.91 Å². The van der Waals surface area contributed by atoms with Crippen molar-refractivity contribution in [1.82, 2.24) is 20.0 Å². The third kappa shape index (κ3) is 3.50. The average Bonchev–Trinajstić information content (AvgIpc) is 3.27. The minimum Gasteiger partial charge on any atom is -0.353 e. The molecule has 0 radical (unpaired) electrons. The van der Waals surface area contributed by atoms with Gasteiger partial charge in [-0.15, -0.1) is 0 Å². The van der Waals surface area contributed by atoms with Crippen molar-refractivity contribution in [3.8, 4) is 0 Å². The van der Waals surface area contributed by atoms with E-state index in [2.05, 4.69) is 10.4 Å². The minimum absolute atomic E-state index is 0.0488. The summed E-state index contributed by atoms with van der Waals surface area (Å²) in [4.78, 5) is 28.2. The van der Waals surface area contributed by atoms with Gasteiger partial charge in [-0.3, -0.25) is 14.3 Å². The van der Waals surface area contributed by atoms with Crippen LogP contribution in [0.15, 0.2) is 0 Å². The molecule has 1 aromatic heterocycles. The topological polar surface area (TPSA) is 67.2 Å². The molecule has 0 aromatic carbocycles. The van der Waals surface area contributed by atoms with E-state index in [0.717, 1.165) is 74.9 Å². The van der Waals surface area contributed by atoms with Crippen molar-refractivity contribution in [2.75, 3.05) is 13.1 Å². The number of carbonyl (C=O) groups is 2. The highest BCUT2D eigenvalue weighted by Crippen LogP contribution is 2.33. The van der Waals surface area contributed by atoms with Crippen molar-refractivity contribution in [3.05, 3.63) is 17.0 Å². The fourth-order valence-electron chi connectivity index (χ4n) is 5.13. The Hall–Kier alpha value is -1.85. The lowest BCUT2D eigenvalue weighted by atomic mass is 9.80. The summed E-state index contributed by atoms with van der Waals surface area (Å²) < 4.78 is 1.77. The van der Waals surface area contributed by atoms with Gasteiger partial charge in [-0.2, -0.15) is 5.10 Å². The minimum atomic E-state index is -0.491. The molecule has 4 rings (SSSR count). The second-order valence-corrected chi connectivity index (χ2v) is 8.95. The summed E-state index contributed by atoms with van der Waals surface area (Å²) in [7, 11) is 1.88. The Kier molecular flexibility index (Phi) is 4.99. The van der Waals surface area contributed by atoms with E-state index in [1.54, 1.807) is 4.68 Å². The molecule has 3 aliphatic rings. The second kappa shape index (κ2) is 7.28. The van der Waals surface area contributed by atoms with Gasteiger partial charge >= 0.3 is 0 Å². The SMILES string of the molecule is Cn1nc2c(c1C(=O)N1CCC[C@](C)(C(=O)NC3CCCC3)C1)CCCC2. The van der Waals surface area contributed by atoms with E-state index in [-0.39, 0.29) is 11.8 Å². The highest BCUT2D eigenvalue weighted by Gasteiger charge is 2.41. The van der Waals surface area contributed by atoms with Gasteiger partial charge in [-0.05, 0) is 58.3 Å². The number of rotatable bonds is 3. The summed E-state index contributed by atoms with van der Waals surface area (Å²) >= 11 is 0. The molecule has 148 valence electrons. The number of amides is 2. The van der Waals surface area contributed by atoms with Gasteiger partial charge in [0.05, 0.1) is 11.1 Å². The van der Waals surface area contributed by atoms with Gasteiger partial charge in [0.15, 0.2) is 0 Å². The summed E-state index contributed by atoms with van der Waals surface area (Å²) in [6, 6.07) is 0.324. The van der Waals surface area contributed by atoms with Crippen LogP contribution in [0.5, 0.6) is 0 Å². The number of fused-ring (bicyclic) bond motifs is 1. The molecule has 0 unspecified atom stereocenters. The molecular formula is C21H32N4O2. The first-order valence-corrected chi connectivity index (χ1v) is 10.6. The summed E-state index contributed by atoms with van der Waals surface area (Å²) in [5.74, 6) is 0.173. The number of piperidine rings is 1. The summed E-state index contributed by atoms with van der Waals surface area (Å²) in [5.41, 5.74) is 2.47. The van der Waals surface area contributed by atoms with Gasteiger partial charge < -0.3 is 10.2 Å². The van der Waals surface area contributed by atoms with E-state index >= 15 is 0 Å². The highest BCUT2D eigenvalue weighted by molar-refractivity contribution is 5.95. The van der Waals surface area contributed by atoms with Gasteiger partial charge in [-0.1, -0.05) is 12.8 Å².